The molecule has 3 rings (SSSR count). The fraction of sp³-hybridized carbons (Fsp3) is 0.105. The molecule has 0 atom stereocenters. The molecular weight excluding hydrogens is 338 g/mol. The van der Waals surface area contributed by atoms with Crippen LogP contribution < -0.4 is 10.6 Å². The van der Waals surface area contributed by atoms with E-state index in [1.807, 2.05) is 0 Å². The number of halogens is 2. The molecule has 5 nitrogen and oxygen atoms in total. The van der Waals surface area contributed by atoms with Crippen molar-refractivity contribution in [1.82, 2.24) is 15.3 Å². The number of nitrogens with one attached hydrogen (secondary N) is 2. The maximum absolute atomic E-state index is 13.6. The normalized spacial score (nSPS) is 10.4. The lowest BCUT2D eigenvalue weighted by atomic mass is 10.2. The molecule has 26 heavy (non-hydrogen) atoms. The Morgan fingerprint density at radius 2 is 1.73 bits per heavy atom. The van der Waals surface area contributed by atoms with E-state index in [-0.39, 0.29) is 42.3 Å². The van der Waals surface area contributed by atoms with Crippen LogP contribution in [0.15, 0.2) is 60.8 Å². The Hall–Kier alpha value is -3.35. The molecule has 1 aromatic heterocycles. The molecule has 3 aromatic rings. The van der Waals surface area contributed by atoms with Crippen LogP contribution in [0.4, 0.5) is 14.7 Å². The first-order valence-corrected chi connectivity index (χ1v) is 7.95. The molecule has 0 bridgehead atoms. The summed E-state index contributed by atoms with van der Waals surface area (Å²) in [5.74, 6) is -0.817. The summed E-state index contributed by atoms with van der Waals surface area (Å²) >= 11 is 0. The molecule has 0 spiro atoms. The highest BCUT2D eigenvalue weighted by Gasteiger charge is 2.09. The van der Waals surface area contributed by atoms with E-state index >= 15 is 0 Å². The largest absolute Gasteiger partial charge is 0.350 e. The first kappa shape index (κ1) is 17.5. The fourth-order valence-electron chi connectivity index (χ4n) is 2.26. The molecule has 0 fully saturated rings. The van der Waals surface area contributed by atoms with Crippen molar-refractivity contribution in [3.8, 4) is 0 Å². The van der Waals surface area contributed by atoms with Crippen LogP contribution in [0, 0.1) is 11.6 Å². The second-order valence-corrected chi connectivity index (χ2v) is 5.52. The number of carbonyl (C=O) groups is 1. The molecule has 1 amide bonds. The quantitative estimate of drug-likeness (QED) is 0.713. The van der Waals surface area contributed by atoms with Crippen LogP contribution in [0.1, 0.15) is 21.6 Å². The Bertz CT molecular complexity index is 900. The molecule has 0 saturated carbocycles. The molecule has 0 unspecified atom stereocenters. The fourth-order valence-corrected chi connectivity index (χ4v) is 2.26. The third-order valence-electron chi connectivity index (χ3n) is 3.65. The molecule has 0 aliphatic rings. The zero-order chi connectivity index (χ0) is 18.4. The van der Waals surface area contributed by atoms with E-state index in [0.717, 1.165) is 5.56 Å². The second kappa shape index (κ2) is 8.15. The van der Waals surface area contributed by atoms with Gasteiger partial charge in [-0.15, -0.1) is 0 Å². The summed E-state index contributed by atoms with van der Waals surface area (Å²) in [6.07, 6.45) is 1.45. The Kier molecular flexibility index (Phi) is 5.48. The predicted octanol–water partition coefficient (Wildman–Crippen LogP) is 3.30. The minimum Gasteiger partial charge on any atom is -0.350 e. The lowest BCUT2D eigenvalue weighted by Gasteiger charge is -2.08. The second-order valence-electron chi connectivity index (χ2n) is 5.52. The molecule has 132 valence electrons. The Balaban J connectivity index is 1.60. The van der Waals surface area contributed by atoms with Crippen molar-refractivity contribution in [3.05, 3.63) is 89.2 Å². The van der Waals surface area contributed by atoms with Gasteiger partial charge in [-0.3, -0.25) is 4.79 Å². The van der Waals surface area contributed by atoms with Crippen LogP contribution in [0.3, 0.4) is 0 Å². The van der Waals surface area contributed by atoms with Crippen molar-refractivity contribution in [2.75, 3.05) is 5.32 Å². The van der Waals surface area contributed by atoms with Gasteiger partial charge in [-0.2, -0.15) is 0 Å². The first-order chi connectivity index (χ1) is 12.6. The van der Waals surface area contributed by atoms with Crippen LogP contribution in [-0.4, -0.2) is 15.9 Å². The highest BCUT2D eigenvalue weighted by molar-refractivity contribution is 5.92. The summed E-state index contributed by atoms with van der Waals surface area (Å²) in [4.78, 5) is 20.4. The zero-order valence-electron chi connectivity index (χ0n) is 13.7. The summed E-state index contributed by atoms with van der Waals surface area (Å²) in [6.45, 7) is 0.453. The van der Waals surface area contributed by atoms with E-state index in [1.165, 1.54) is 30.5 Å². The van der Waals surface area contributed by atoms with Crippen LogP contribution in [0.25, 0.3) is 0 Å². The first-order valence-electron chi connectivity index (χ1n) is 7.95. The molecular formula is C19H16F2N4O. The SMILES string of the molecule is O=C(NCc1ccc(F)cc1)c1ccnc(NCc2ccccc2F)n1. The van der Waals surface area contributed by atoms with E-state index < -0.39 is 0 Å². The number of anilines is 1. The highest BCUT2D eigenvalue weighted by Crippen LogP contribution is 2.09. The smallest absolute Gasteiger partial charge is 0.270 e. The minimum absolute atomic E-state index is 0.179. The number of aromatic nitrogens is 2. The number of hydrogen-bond donors (Lipinski definition) is 2. The topological polar surface area (TPSA) is 66.9 Å². The van der Waals surface area contributed by atoms with Gasteiger partial charge in [-0.1, -0.05) is 30.3 Å². The van der Waals surface area contributed by atoms with Gasteiger partial charge in [0.25, 0.3) is 5.91 Å². The molecule has 7 heteroatoms. The maximum atomic E-state index is 13.6. The summed E-state index contributed by atoms with van der Waals surface area (Å²) in [5, 5.41) is 5.60. The molecule has 2 N–H and O–H groups in total. The van der Waals surface area contributed by atoms with E-state index in [2.05, 4.69) is 20.6 Å². The number of carbonyl (C=O) groups excluding carboxylic acids is 1. The van der Waals surface area contributed by atoms with Gasteiger partial charge in [-0.05, 0) is 29.8 Å². The van der Waals surface area contributed by atoms with Gasteiger partial charge < -0.3 is 10.6 Å². The van der Waals surface area contributed by atoms with E-state index in [1.54, 1.807) is 30.3 Å². The standard InChI is InChI=1S/C19H16F2N4O/c20-15-7-5-13(6-8-15)11-23-18(26)17-9-10-22-19(25-17)24-12-14-3-1-2-4-16(14)21/h1-10H,11-12H2,(H,23,26)(H,22,24,25). The van der Waals surface area contributed by atoms with E-state index in [4.69, 9.17) is 0 Å². The minimum atomic E-state index is -0.384. The number of nitrogens with zero attached hydrogens (tertiary/aromatic N) is 2. The molecule has 2 aromatic carbocycles. The van der Waals surface area contributed by atoms with Crippen LogP contribution in [0.2, 0.25) is 0 Å². The molecule has 1 heterocycles. The Morgan fingerprint density at radius 1 is 0.962 bits per heavy atom. The van der Waals surface area contributed by atoms with Gasteiger partial charge in [0.05, 0.1) is 0 Å². The van der Waals surface area contributed by atoms with E-state index in [0.29, 0.717) is 5.56 Å². The van der Waals surface area contributed by atoms with Gasteiger partial charge in [0, 0.05) is 24.8 Å². The van der Waals surface area contributed by atoms with Crippen molar-refractivity contribution in [2.24, 2.45) is 0 Å². The van der Waals surface area contributed by atoms with Gasteiger partial charge in [0.2, 0.25) is 5.95 Å². The summed E-state index contributed by atoms with van der Waals surface area (Å²) in [6, 6.07) is 13.7. The lowest BCUT2D eigenvalue weighted by Crippen LogP contribution is -2.24. The van der Waals surface area contributed by atoms with Crippen molar-refractivity contribution in [1.29, 1.82) is 0 Å². The van der Waals surface area contributed by atoms with Crippen molar-refractivity contribution < 1.29 is 13.6 Å². The zero-order valence-corrected chi connectivity index (χ0v) is 13.7. The van der Waals surface area contributed by atoms with Gasteiger partial charge in [0.1, 0.15) is 17.3 Å². The predicted molar refractivity (Wildman–Crippen MR) is 93.3 cm³/mol. The monoisotopic (exact) mass is 354 g/mol. The summed E-state index contributed by atoms with van der Waals surface area (Å²) in [7, 11) is 0. The average Bonchev–Trinajstić information content (AvgIpc) is 2.67. The van der Waals surface area contributed by atoms with Crippen molar-refractivity contribution >= 4 is 11.9 Å². The molecule has 0 aliphatic carbocycles. The third kappa shape index (κ3) is 4.60. The van der Waals surface area contributed by atoms with Crippen molar-refractivity contribution in [3.63, 3.8) is 0 Å². The number of hydrogen-bond acceptors (Lipinski definition) is 4. The summed E-state index contributed by atoms with van der Waals surface area (Å²) < 4.78 is 26.5. The Labute approximate surface area is 149 Å². The molecule has 0 saturated heterocycles. The van der Waals surface area contributed by atoms with Gasteiger partial charge >= 0.3 is 0 Å². The number of rotatable bonds is 6. The van der Waals surface area contributed by atoms with Gasteiger partial charge in [-0.25, -0.2) is 18.7 Å². The van der Waals surface area contributed by atoms with Crippen LogP contribution >= 0.6 is 0 Å². The van der Waals surface area contributed by atoms with Crippen molar-refractivity contribution in [2.45, 2.75) is 13.1 Å². The molecule has 0 radical (unpaired) electrons. The third-order valence-corrected chi connectivity index (χ3v) is 3.65. The van der Waals surface area contributed by atoms with Crippen LogP contribution in [0.5, 0.6) is 0 Å². The number of amides is 1. The molecule has 0 aliphatic heterocycles. The summed E-state index contributed by atoms with van der Waals surface area (Å²) in [5.41, 5.74) is 1.42. The maximum Gasteiger partial charge on any atom is 0.270 e. The lowest BCUT2D eigenvalue weighted by molar-refractivity contribution is 0.0946. The van der Waals surface area contributed by atoms with E-state index in [9.17, 15) is 13.6 Å². The highest BCUT2D eigenvalue weighted by atomic mass is 19.1. The van der Waals surface area contributed by atoms with Crippen LogP contribution in [-0.2, 0) is 13.1 Å². The number of benzene rings is 2. The Morgan fingerprint density at radius 3 is 2.50 bits per heavy atom. The average molecular weight is 354 g/mol. The van der Waals surface area contributed by atoms with Gasteiger partial charge in [0.15, 0.2) is 0 Å².